The molecule has 0 atom stereocenters. The molecule has 0 unspecified atom stereocenters. The first-order valence-electron chi connectivity index (χ1n) is 7.91. The minimum absolute atomic E-state index is 0.0947. The van der Waals surface area contributed by atoms with Crippen molar-refractivity contribution in [3.63, 3.8) is 0 Å². The lowest BCUT2D eigenvalue weighted by Gasteiger charge is -2.23. The van der Waals surface area contributed by atoms with E-state index in [9.17, 15) is 10.1 Å². The van der Waals surface area contributed by atoms with Crippen LogP contribution in [-0.4, -0.2) is 55.1 Å². The third-order valence-electron chi connectivity index (χ3n) is 3.85. The molecule has 0 aliphatic carbocycles. The number of benzene rings is 1. The summed E-state index contributed by atoms with van der Waals surface area (Å²) in [6.07, 6.45) is 0. The second-order valence-electron chi connectivity index (χ2n) is 5.60. The van der Waals surface area contributed by atoms with E-state index in [-0.39, 0.29) is 10.7 Å². The summed E-state index contributed by atoms with van der Waals surface area (Å²) in [5.74, 6) is 0. The van der Waals surface area contributed by atoms with Gasteiger partial charge in [0.1, 0.15) is 18.1 Å². The van der Waals surface area contributed by atoms with Crippen molar-refractivity contribution in [2.24, 2.45) is 5.10 Å². The molecule has 0 aromatic heterocycles. The maximum absolute atomic E-state index is 10.9. The van der Waals surface area contributed by atoms with E-state index in [1.807, 2.05) is 0 Å². The first-order valence-corrected chi connectivity index (χ1v) is 8.69. The summed E-state index contributed by atoms with van der Waals surface area (Å²) in [6.45, 7) is 7.05. The maximum atomic E-state index is 10.9. The molecule has 1 saturated heterocycles. The van der Waals surface area contributed by atoms with Crippen LogP contribution >= 0.6 is 23.8 Å². The van der Waals surface area contributed by atoms with Gasteiger partial charge in [-0.1, -0.05) is 17.7 Å². The van der Waals surface area contributed by atoms with Crippen LogP contribution in [0.2, 0.25) is 5.02 Å². The van der Waals surface area contributed by atoms with Crippen molar-refractivity contribution < 1.29 is 14.6 Å². The van der Waals surface area contributed by atoms with Crippen molar-refractivity contribution in [2.75, 3.05) is 39.4 Å². The Balaban J connectivity index is 1.82. The van der Waals surface area contributed by atoms with Gasteiger partial charge >= 0.3 is 0 Å². The van der Waals surface area contributed by atoms with E-state index in [2.05, 4.69) is 15.8 Å². The van der Waals surface area contributed by atoms with Crippen molar-refractivity contribution in [1.82, 2.24) is 10.7 Å². The van der Waals surface area contributed by atoms with Crippen LogP contribution in [0.1, 0.15) is 12.5 Å². The second kappa shape index (κ2) is 9.62. The Hall–Kier alpha value is -1.81. The predicted octanol–water partition coefficient (Wildman–Crippen LogP) is 0.351. The molecule has 0 spiro atoms. The highest BCUT2D eigenvalue weighted by Gasteiger charge is 2.14. The Bertz CT molecular complexity index is 665. The quantitative estimate of drug-likeness (QED) is 0.283. The maximum Gasteiger partial charge on any atom is 0.288 e. The largest absolute Gasteiger partial charge is 0.370 e. The number of rotatable bonds is 6. The van der Waals surface area contributed by atoms with Crippen molar-refractivity contribution >= 4 is 40.3 Å². The van der Waals surface area contributed by atoms with Crippen LogP contribution in [0.25, 0.3) is 0 Å². The third-order valence-corrected chi connectivity index (χ3v) is 4.41. The normalized spacial score (nSPS) is 15.7. The highest BCUT2D eigenvalue weighted by atomic mass is 35.5. The Morgan fingerprint density at radius 1 is 1.48 bits per heavy atom. The smallest absolute Gasteiger partial charge is 0.288 e. The summed E-state index contributed by atoms with van der Waals surface area (Å²) >= 11 is 11.0. The molecule has 25 heavy (non-hydrogen) atoms. The number of halogens is 1. The van der Waals surface area contributed by atoms with Gasteiger partial charge in [-0.05, 0) is 25.2 Å². The Labute approximate surface area is 156 Å². The van der Waals surface area contributed by atoms with Crippen LogP contribution in [0.5, 0.6) is 0 Å². The van der Waals surface area contributed by atoms with Gasteiger partial charge in [0.05, 0.1) is 36.9 Å². The number of nitrogens with one attached hydrogen (secondary N) is 3. The molecule has 136 valence electrons. The van der Waals surface area contributed by atoms with Crippen molar-refractivity contribution in [1.29, 1.82) is 0 Å². The Kier molecular flexibility index (Phi) is 7.51. The lowest BCUT2D eigenvalue weighted by atomic mass is 10.1. The van der Waals surface area contributed by atoms with Gasteiger partial charge in [0, 0.05) is 11.6 Å². The van der Waals surface area contributed by atoms with Gasteiger partial charge in [0.2, 0.25) is 0 Å². The number of hydrazone groups is 1. The molecule has 10 heteroatoms. The molecule has 1 aliphatic rings. The monoisotopic (exact) mass is 386 g/mol. The summed E-state index contributed by atoms with van der Waals surface area (Å²) in [5.41, 5.74) is 3.78. The van der Waals surface area contributed by atoms with Crippen LogP contribution < -0.4 is 15.6 Å². The molecule has 1 aromatic carbocycles. The van der Waals surface area contributed by atoms with Gasteiger partial charge < -0.3 is 15.0 Å². The predicted molar refractivity (Wildman–Crippen MR) is 100 cm³/mol. The molecule has 0 radical (unpaired) electrons. The minimum atomic E-state index is -0.521. The van der Waals surface area contributed by atoms with E-state index in [0.29, 0.717) is 16.4 Å². The molecule has 1 aromatic rings. The first kappa shape index (κ1) is 19.5. The Morgan fingerprint density at radius 2 is 2.20 bits per heavy atom. The number of morpholine rings is 1. The first-order chi connectivity index (χ1) is 12.0. The van der Waals surface area contributed by atoms with Gasteiger partial charge in [0.15, 0.2) is 5.11 Å². The molecular weight excluding hydrogens is 366 g/mol. The van der Waals surface area contributed by atoms with E-state index < -0.39 is 4.92 Å². The number of thiocarbonyl (C=S) groups is 1. The van der Waals surface area contributed by atoms with Crippen LogP contribution in [0.4, 0.5) is 5.69 Å². The summed E-state index contributed by atoms with van der Waals surface area (Å²) in [6, 6.07) is 4.55. The van der Waals surface area contributed by atoms with E-state index in [1.165, 1.54) is 17.0 Å². The molecule has 8 nitrogen and oxygen atoms in total. The second-order valence-corrected chi connectivity index (χ2v) is 6.42. The molecular formula is C15H21ClN5O3S+. The summed E-state index contributed by atoms with van der Waals surface area (Å²) in [4.78, 5) is 11.9. The lowest BCUT2D eigenvalue weighted by molar-refractivity contribution is -0.906. The zero-order valence-electron chi connectivity index (χ0n) is 13.9. The van der Waals surface area contributed by atoms with Crippen molar-refractivity contribution in [3.05, 3.63) is 38.9 Å². The number of quaternary nitrogens is 1. The van der Waals surface area contributed by atoms with Gasteiger partial charge in [-0.15, -0.1) is 0 Å². The molecule has 1 aliphatic heterocycles. The van der Waals surface area contributed by atoms with Crippen LogP contribution in [0.15, 0.2) is 23.3 Å². The molecule has 0 bridgehead atoms. The van der Waals surface area contributed by atoms with E-state index >= 15 is 0 Å². The average Bonchev–Trinajstić information content (AvgIpc) is 2.60. The molecule has 2 rings (SSSR count). The summed E-state index contributed by atoms with van der Waals surface area (Å²) < 4.78 is 5.32. The Morgan fingerprint density at radius 3 is 2.88 bits per heavy atom. The van der Waals surface area contributed by atoms with Crippen LogP contribution in [-0.2, 0) is 4.74 Å². The minimum Gasteiger partial charge on any atom is -0.370 e. The number of nitrogens with zero attached hydrogens (tertiary/aromatic N) is 2. The topological polar surface area (TPSA) is 93.2 Å². The van der Waals surface area contributed by atoms with Crippen molar-refractivity contribution in [3.8, 4) is 0 Å². The zero-order valence-corrected chi connectivity index (χ0v) is 15.5. The van der Waals surface area contributed by atoms with Crippen molar-refractivity contribution in [2.45, 2.75) is 6.92 Å². The molecule has 0 amide bonds. The molecule has 1 fully saturated rings. The highest BCUT2D eigenvalue weighted by Crippen LogP contribution is 2.25. The molecule has 0 saturated carbocycles. The van der Waals surface area contributed by atoms with Gasteiger partial charge in [0.25, 0.3) is 5.69 Å². The third kappa shape index (κ3) is 6.20. The van der Waals surface area contributed by atoms with Gasteiger partial charge in [-0.2, -0.15) is 5.10 Å². The molecule has 3 N–H and O–H groups in total. The standard InChI is InChI=1S/C15H20ClN5O3S/c1-11(12-2-3-13(16)14(10-12)21(22)23)18-19-15(25)17-4-5-20-6-8-24-9-7-20/h2-3,10H,4-9H2,1H3,(H2,17,19,25)/p+1/b18-11-. The highest BCUT2D eigenvalue weighted by molar-refractivity contribution is 7.80. The number of ether oxygens (including phenoxy) is 1. The lowest BCUT2D eigenvalue weighted by Crippen LogP contribution is -3.14. The number of hydrogen-bond acceptors (Lipinski definition) is 5. The number of nitro groups is 1. The average molecular weight is 387 g/mol. The fraction of sp³-hybridized carbons (Fsp3) is 0.467. The fourth-order valence-electron chi connectivity index (χ4n) is 2.38. The van der Waals surface area contributed by atoms with Gasteiger partial charge in [-0.3, -0.25) is 15.5 Å². The number of nitro benzene ring substituents is 1. The van der Waals surface area contributed by atoms with Crippen LogP contribution in [0.3, 0.4) is 0 Å². The van der Waals surface area contributed by atoms with E-state index in [1.54, 1.807) is 13.0 Å². The fourth-order valence-corrected chi connectivity index (χ4v) is 2.71. The summed E-state index contributed by atoms with van der Waals surface area (Å²) in [7, 11) is 0. The zero-order chi connectivity index (χ0) is 18.2. The summed E-state index contributed by atoms with van der Waals surface area (Å²) in [5, 5.41) is 18.7. The van der Waals surface area contributed by atoms with Crippen LogP contribution in [0, 0.1) is 10.1 Å². The number of hydrogen-bond donors (Lipinski definition) is 3. The van der Waals surface area contributed by atoms with Gasteiger partial charge in [-0.25, -0.2) is 0 Å². The SMILES string of the molecule is C/C(=N/NC(=S)NCC[NH+]1CCOCC1)c1ccc(Cl)c([N+](=O)[O-])c1. The molecule has 1 heterocycles. The van der Waals surface area contributed by atoms with E-state index in [4.69, 9.17) is 28.6 Å². The van der Waals surface area contributed by atoms with E-state index in [0.717, 1.165) is 39.4 Å².